The molecule has 0 aliphatic heterocycles. The molecule has 0 saturated carbocycles. The number of imidazole rings is 1. The quantitative estimate of drug-likeness (QED) is 0.680. The Bertz CT molecular complexity index is 403. The zero-order valence-corrected chi connectivity index (χ0v) is 6.99. The highest BCUT2D eigenvalue weighted by atomic mass is 15.0. The molecule has 0 spiro atoms. The fourth-order valence-corrected chi connectivity index (χ4v) is 1.30. The first-order valence-electron chi connectivity index (χ1n) is 3.95. The van der Waals surface area contributed by atoms with Crippen LogP contribution < -0.4 is 5.73 Å². The average molecular weight is 161 g/mol. The molecule has 0 bridgehead atoms. The van der Waals surface area contributed by atoms with Crippen LogP contribution in [0.25, 0.3) is 5.65 Å². The predicted octanol–water partition coefficient (Wildman–Crippen LogP) is 1.10. The van der Waals surface area contributed by atoms with Gasteiger partial charge in [0, 0.05) is 18.4 Å². The van der Waals surface area contributed by atoms with Crippen LogP contribution in [0.5, 0.6) is 0 Å². The zero-order chi connectivity index (χ0) is 8.55. The summed E-state index contributed by atoms with van der Waals surface area (Å²) in [6.07, 6.45) is 1.98. The number of pyridine rings is 1. The van der Waals surface area contributed by atoms with Crippen LogP contribution in [0.3, 0.4) is 0 Å². The minimum Gasteiger partial charge on any atom is -0.325 e. The van der Waals surface area contributed by atoms with Gasteiger partial charge in [-0.3, -0.25) is 0 Å². The Hall–Kier alpha value is -1.35. The summed E-state index contributed by atoms with van der Waals surface area (Å²) in [5.41, 5.74) is 8.57. The molecule has 0 aliphatic carbocycles. The van der Waals surface area contributed by atoms with Gasteiger partial charge < -0.3 is 10.1 Å². The molecule has 3 heteroatoms. The standard InChI is InChI=1S/C9H11N3/c1-7-3-2-4-9-11-8(5-10)6-12(7)9/h2-4,6H,5,10H2,1H3. The summed E-state index contributed by atoms with van der Waals surface area (Å²) in [6, 6.07) is 6.03. The van der Waals surface area contributed by atoms with Gasteiger partial charge in [0.05, 0.1) is 5.69 Å². The lowest BCUT2D eigenvalue weighted by molar-refractivity contribution is 1.01. The molecule has 0 amide bonds. The maximum Gasteiger partial charge on any atom is 0.137 e. The molecule has 2 N–H and O–H groups in total. The molecule has 0 radical (unpaired) electrons. The molecule has 0 saturated heterocycles. The van der Waals surface area contributed by atoms with Gasteiger partial charge in [0.2, 0.25) is 0 Å². The first-order valence-corrected chi connectivity index (χ1v) is 3.95. The van der Waals surface area contributed by atoms with Crippen molar-refractivity contribution >= 4 is 5.65 Å². The second kappa shape index (κ2) is 2.60. The molecular weight excluding hydrogens is 150 g/mol. The number of aryl methyl sites for hydroxylation is 1. The Balaban J connectivity index is 2.74. The molecule has 3 nitrogen and oxygen atoms in total. The third-order valence-corrected chi connectivity index (χ3v) is 1.95. The van der Waals surface area contributed by atoms with Gasteiger partial charge in [-0.1, -0.05) is 6.07 Å². The van der Waals surface area contributed by atoms with E-state index in [2.05, 4.69) is 18.0 Å². The van der Waals surface area contributed by atoms with Crippen molar-refractivity contribution in [3.05, 3.63) is 35.8 Å². The van der Waals surface area contributed by atoms with E-state index in [0.29, 0.717) is 6.54 Å². The molecule has 0 aliphatic rings. The van der Waals surface area contributed by atoms with Gasteiger partial charge in [-0.15, -0.1) is 0 Å². The maximum atomic E-state index is 5.49. The van der Waals surface area contributed by atoms with E-state index in [1.165, 1.54) is 5.69 Å². The van der Waals surface area contributed by atoms with Crippen LogP contribution >= 0.6 is 0 Å². The van der Waals surface area contributed by atoms with Gasteiger partial charge in [-0.05, 0) is 19.1 Å². The molecule has 2 heterocycles. The van der Waals surface area contributed by atoms with Crippen LogP contribution in [-0.2, 0) is 6.54 Å². The fourth-order valence-electron chi connectivity index (χ4n) is 1.30. The number of rotatable bonds is 1. The van der Waals surface area contributed by atoms with E-state index in [1.807, 2.05) is 22.7 Å². The third kappa shape index (κ3) is 0.987. The number of nitrogens with two attached hydrogens (primary N) is 1. The smallest absolute Gasteiger partial charge is 0.137 e. The van der Waals surface area contributed by atoms with Crippen molar-refractivity contribution in [1.29, 1.82) is 0 Å². The summed E-state index contributed by atoms with van der Waals surface area (Å²) in [6.45, 7) is 2.55. The van der Waals surface area contributed by atoms with Crippen LogP contribution in [-0.4, -0.2) is 9.38 Å². The van der Waals surface area contributed by atoms with Gasteiger partial charge in [0.15, 0.2) is 0 Å². The molecule has 0 atom stereocenters. The fraction of sp³-hybridized carbons (Fsp3) is 0.222. The summed E-state index contributed by atoms with van der Waals surface area (Å²) < 4.78 is 2.04. The van der Waals surface area contributed by atoms with Crippen molar-refractivity contribution in [2.24, 2.45) is 5.73 Å². The summed E-state index contributed by atoms with van der Waals surface area (Å²) in [4.78, 5) is 4.33. The van der Waals surface area contributed by atoms with Crippen LogP contribution in [0.2, 0.25) is 0 Å². The topological polar surface area (TPSA) is 43.3 Å². The minimum atomic E-state index is 0.501. The molecule has 0 unspecified atom stereocenters. The van der Waals surface area contributed by atoms with E-state index < -0.39 is 0 Å². The number of aromatic nitrogens is 2. The van der Waals surface area contributed by atoms with E-state index in [0.717, 1.165) is 11.3 Å². The van der Waals surface area contributed by atoms with Gasteiger partial charge in [0.25, 0.3) is 0 Å². The first-order chi connectivity index (χ1) is 5.81. The number of hydrogen-bond acceptors (Lipinski definition) is 2. The molecule has 62 valence electrons. The second-order valence-electron chi connectivity index (χ2n) is 2.83. The Kier molecular flexibility index (Phi) is 1.59. The van der Waals surface area contributed by atoms with Gasteiger partial charge in [-0.25, -0.2) is 4.98 Å². The largest absolute Gasteiger partial charge is 0.325 e. The summed E-state index contributed by atoms with van der Waals surface area (Å²) in [7, 11) is 0. The Morgan fingerprint density at radius 2 is 2.33 bits per heavy atom. The Labute approximate surface area is 70.8 Å². The summed E-state index contributed by atoms with van der Waals surface area (Å²) >= 11 is 0. The van der Waals surface area contributed by atoms with Crippen molar-refractivity contribution in [1.82, 2.24) is 9.38 Å². The highest BCUT2D eigenvalue weighted by Crippen LogP contribution is 2.07. The molecule has 0 aromatic carbocycles. The van der Waals surface area contributed by atoms with Gasteiger partial charge >= 0.3 is 0 Å². The lowest BCUT2D eigenvalue weighted by atomic mass is 10.4. The van der Waals surface area contributed by atoms with E-state index in [-0.39, 0.29) is 0 Å². The van der Waals surface area contributed by atoms with Crippen molar-refractivity contribution in [2.75, 3.05) is 0 Å². The normalized spacial score (nSPS) is 10.8. The van der Waals surface area contributed by atoms with Crippen LogP contribution in [0.1, 0.15) is 11.4 Å². The number of nitrogens with zero attached hydrogens (tertiary/aromatic N) is 2. The number of fused-ring (bicyclic) bond motifs is 1. The lowest BCUT2D eigenvalue weighted by Gasteiger charge is -1.95. The molecular formula is C9H11N3. The molecule has 2 aromatic heterocycles. The first kappa shape index (κ1) is 7.31. The molecule has 12 heavy (non-hydrogen) atoms. The molecule has 2 rings (SSSR count). The molecule has 2 aromatic rings. The van der Waals surface area contributed by atoms with Crippen molar-refractivity contribution in [3.63, 3.8) is 0 Å². The van der Waals surface area contributed by atoms with Crippen LogP contribution in [0, 0.1) is 6.92 Å². The molecule has 0 fully saturated rings. The SMILES string of the molecule is Cc1cccc2nc(CN)cn12. The minimum absolute atomic E-state index is 0.501. The van der Waals surface area contributed by atoms with E-state index in [4.69, 9.17) is 5.73 Å². The third-order valence-electron chi connectivity index (χ3n) is 1.95. The van der Waals surface area contributed by atoms with Crippen LogP contribution in [0.15, 0.2) is 24.4 Å². The van der Waals surface area contributed by atoms with E-state index in [9.17, 15) is 0 Å². The van der Waals surface area contributed by atoms with Gasteiger partial charge in [0.1, 0.15) is 5.65 Å². The van der Waals surface area contributed by atoms with Crippen molar-refractivity contribution in [3.8, 4) is 0 Å². The Morgan fingerprint density at radius 1 is 1.50 bits per heavy atom. The van der Waals surface area contributed by atoms with E-state index in [1.54, 1.807) is 0 Å². The maximum absolute atomic E-state index is 5.49. The lowest BCUT2D eigenvalue weighted by Crippen LogP contribution is -1.95. The average Bonchev–Trinajstić information content (AvgIpc) is 2.49. The second-order valence-corrected chi connectivity index (χ2v) is 2.83. The van der Waals surface area contributed by atoms with Gasteiger partial charge in [-0.2, -0.15) is 0 Å². The van der Waals surface area contributed by atoms with E-state index >= 15 is 0 Å². The monoisotopic (exact) mass is 161 g/mol. The van der Waals surface area contributed by atoms with Crippen LogP contribution in [0.4, 0.5) is 0 Å². The summed E-state index contributed by atoms with van der Waals surface area (Å²) in [5.74, 6) is 0. The summed E-state index contributed by atoms with van der Waals surface area (Å²) in [5, 5.41) is 0. The number of hydrogen-bond donors (Lipinski definition) is 1. The van der Waals surface area contributed by atoms with Crippen molar-refractivity contribution in [2.45, 2.75) is 13.5 Å². The zero-order valence-electron chi connectivity index (χ0n) is 6.99. The van der Waals surface area contributed by atoms with Crippen molar-refractivity contribution < 1.29 is 0 Å². The Morgan fingerprint density at radius 3 is 3.00 bits per heavy atom. The highest BCUT2D eigenvalue weighted by molar-refractivity contribution is 5.41. The predicted molar refractivity (Wildman–Crippen MR) is 47.8 cm³/mol. The highest BCUT2D eigenvalue weighted by Gasteiger charge is 1.99.